The molecule has 1 aromatic carbocycles. The van der Waals surface area contributed by atoms with Crippen LogP contribution in [0, 0.1) is 10.1 Å². The molecule has 1 saturated carbocycles. The second-order valence-electron chi connectivity index (χ2n) is 3.96. The Balaban J connectivity index is 2.36. The van der Waals surface area contributed by atoms with E-state index >= 15 is 0 Å². The number of hydrogen-bond acceptors (Lipinski definition) is 4. The van der Waals surface area contributed by atoms with Gasteiger partial charge in [0.25, 0.3) is 5.91 Å². The van der Waals surface area contributed by atoms with E-state index in [1.54, 1.807) is 19.2 Å². The van der Waals surface area contributed by atoms with Gasteiger partial charge in [0.15, 0.2) is 0 Å². The minimum atomic E-state index is -0.534. The third kappa shape index (κ3) is 2.35. The maximum absolute atomic E-state index is 11.8. The first-order valence-corrected chi connectivity index (χ1v) is 5.39. The lowest BCUT2D eigenvalue weighted by Crippen LogP contribution is -2.26. The van der Waals surface area contributed by atoms with Crippen LogP contribution in [0.5, 0.6) is 0 Å². The van der Waals surface area contributed by atoms with E-state index in [9.17, 15) is 14.9 Å². The summed E-state index contributed by atoms with van der Waals surface area (Å²) in [6.45, 7) is 0. The summed E-state index contributed by atoms with van der Waals surface area (Å²) >= 11 is 0. The molecule has 2 rings (SSSR count). The van der Waals surface area contributed by atoms with Crippen molar-refractivity contribution < 1.29 is 9.72 Å². The molecule has 1 aliphatic rings. The second-order valence-corrected chi connectivity index (χ2v) is 3.96. The molecular weight excluding hydrogens is 222 g/mol. The van der Waals surface area contributed by atoms with Crippen LogP contribution in [-0.2, 0) is 0 Å². The normalized spacial score (nSPS) is 14.2. The third-order valence-electron chi connectivity index (χ3n) is 2.65. The number of anilines is 1. The summed E-state index contributed by atoms with van der Waals surface area (Å²) in [5.74, 6) is -0.378. The Morgan fingerprint density at radius 3 is 2.71 bits per heavy atom. The summed E-state index contributed by atoms with van der Waals surface area (Å²) in [4.78, 5) is 22.3. The van der Waals surface area contributed by atoms with Crippen LogP contribution in [0.25, 0.3) is 0 Å². The number of hydrogen-bond donors (Lipinski definition) is 2. The predicted molar refractivity (Wildman–Crippen MR) is 63.1 cm³/mol. The number of nitro groups is 1. The molecule has 1 aromatic rings. The minimum absolute atomic E-state index is 0.105. The molecule has 17 heavy (non-hydrogen) atoms. The standard InChI is InChI=1S/C11H13N3O3/c1-12-9-4-2-3-8(10(9)14(16)17)11(15)13-7-5-6-7/h2-4,7,12H,5-6H2,1H3,(H,13,15). The fourth-order valence-electron chi connectivity index (χ4n) is 1.62. The Morgan fingerprint density at radius 1 is 1.47 bits per heavy atom. The molecule has 1 aliphatic carbocycles. The van der Waals surface area contributed by atoms with E-state index < -0.39 is 4.92 Å². The highest BCUT2D eigenvalue weighted by molar-refractivity contribution is 6.00. The largest absolute Gasteiger partial charge is 0.383 e. The van der Waals surface area contributed by atoms with Crippen LogP contribution in [0.4, 0.5) is 11.4 Å². The van der Waals surface area contributed by atoms with Crippen molar-refractivity contribution >= 4 is 17.3 Å². The molecule has 0 saturated heterocycles. The van der Waals surface area contributed by atoms with Crippen LogP contribution in [0.15, 0.2) is 18.2 Å². The Morgan fingerprint density at radius 2 is 2.18 bits per heavy atom. The molecule has 1 amide bonds. The van der Waals surface area contributed by atoms with Crippen LogP contribution in [-0.4, -0.2) is 23.9 Å². The van der Waals surface area contributed by atoms with Crippen molar-refractivity contribution in [3.63, 3.8) is 0 Å². The van der Waals surface area contributed by atoms with Crippen LogP contribution >= 0.6 is 0 Å². The molecule has 0 heterocycles. The van der Waals surface area contributed by atoms with Crippen molar-refractivity contribution in [2.24, 2.45) is 0 Å². The number of nitrogens with zero attached hydrogens (tertiary/aromatic N) is 1. The number of benzene rings is 1. The van der Waals surface area contributed by atoms with E-state index in [4.69, 9.17) is 0 Å². The summed E-state index contributed by atoms with van der Waals surface area (Å²) in [6, 6.07) is 4.85. The monoisotopic (exact) mass is 235 g/mol. The number of carbonyl (C=O) groups is 1. The maximum atomic E-state index is 11.8. The Kier molecular flexibility index (Phi) is 2.95. The van der Waals surface area contributed by atoms with Gasteiger partial charge in [-0.3, -0.25) is 14.9 Å². The van der Waals surface area contributed by atoms with Gasteiger partial charge < -0.3 is 10.6 Å². The van der Waals surface area contributed by atoms with E-state index in [2.05, 4.69) is 10.6 Å². The van der Waals surface area contributed by atoms with Gasteiger partial charge >= 0.3 is 5.69 Å². The number of rotatable bonds is 4. The number of amides is 1. The molecule has 0 atom stereocenters. The quantitative estimate of drug-likeness (QED) is 0.612. The zero-order valence-electron chi connectivity index (χ0n) is 9.40. The van der Waals surface area contributed by atoms with Gasteiger partial charge in [-0.05, 0) is 25.0 Å². The third-order valence-corrected chi connectivity index (χ3v) is 2.65. The number of nitrogens with one attached hydrogen (secondary N) is 2. The number of carbonyl (C=O) groups excluding carboxylic acids is 1. The van der Waals surface area contributed by atoms with Gasteiger partial charge in [-0.2, -0.15) is 0 Å². The van der Waals surface area contributed by atoms with E-state index in [1.165, 1.54) is 6.07 Å². The molecule has 90 valence electrons. The Hall–Kier alpha value is -2.11. The SMILES string of the molecule is CNc1cccc(C(=O)NC2CC2)c1[N+](=O)[O-]. The molecule has 6 heteroatoms. The Bertz CT molecular complexity index is 469. The highest BCUT2D eigenvalue weighted by atomic mass is 16.6. The average molecular weight is 235 g/mol. The van der Waals surface area contributed by atoms with E-state index in [0.29, 0.717) is 5.69 Å². The van der Waals surface area contributed by atoms with E-state index in [1.807, 2.05) is 0 Å². The van der Waals surface area contributed by atoms with Gasteiger partial charge in [0.2, 0.25) is 0 Å². The highest BCUT2D eigenvalue weighted by Gasteiger charge is 2.28. The molecule has 0 spiro atoms. The lowest BCUT2D eigenvalue weighted by Gasteiger charge is -2.07. The van der Waals surface area contributed by atoms with Gasteiger partial charge in [0, 0.05) is 13.1 Å². The van der Waals surface area contributed by atoms with Gasteiger partial charge in [0.05, 0.1) is 4.92 Å². The summed E-state index contributed by atoms with van der Waals surface area (Å²) < 4.78 is 0. The summed E-state index contributed by atoms with van der Waals surface area (Å²) in [5.41, 5.74) is 0.278. The topological polar surface area (TPSA) is 84.3 Å². The lowest BCUT2D eigenvalue weighted by molar-refractivity contribution is -0.384. The minimum Gasteiger partial charge on any atom is -0.383 e. The first-order chi connectivity index (χ1) is 8.13. The summed E-state index contributed by atoms with van der Waals surface area (Å²) in [7, 11) is 1.59. The van der Waals surface area contributed by atoms with Crippen LogP contribution in [0.3, 0.4) is 0 Å². The zero-order valence-corrected chi connectivity index (χ0v) is 9.40. The second kappa shape index (κ2) is 4.40. The number of nitro benzene ring substituents is 1. The molecule has 0 aromatic heterocycles. The summed E-state index contributed by atoms with van der Waals surface area (Å²) in [6.07, 6.45) is 1.90. The molecule has 2 N–H and O–H groups in total. The van der Waals surface area contributed by atoms with Crippen molar-refractivity contribution in [3.05, 3.63) is 33.9 Å². The van der Waals surface area contributed by atoms with Crippen LogP contribution < -0.4 is 10.6 Å². The van der Waals surface area contributed by atoms with Crippen molar-refractivity contribution in [2.45, 2.75) is 18.9 Å². The van der Waals surface area contributed by atoms with Gasteiger partial charge in [-0.25, -0.2) is 0 Å². The smallest absolute Gasteiger partial charge is 0.305 e. The van der Waals surface area contributed by atoms with Gasteiger partial charge in [-0.15, -0.1) is 0 Å². The average Bonchev–Trinajstić information content (AvgIpc) is 3.11. The van der Waals surface area contributed by atoms with Crippen LogP contribution in [0.2, 0.25) is 0 Å². The first kappa shape index (κ1) is 11.4. The number of para-hydroxylation sites is 1. The first-order valence-electron chi connectivity index (χ1n) is 5.39. The van der Waals surface area contributed by atoms with Crippen molar-refractivity contribution in [3.8, 4) is 0 Å². The van der Waals surface area contributed by atoms with E-state index in [-0.39, 0.29) is 23.2 Å². The predicted octanol–water partition coefficient (Wildman–Crippen LogP) is 1.53. The zero-order chi connectivity index (χ0) is 12.4. The fraction of sp³-hybridized carbons (Fsp3) is 0.364. The molecule has 0 radical (unpaired) electrons. The highest BCUT2D eigenvalue weighted by Crippen LogP contribution is 2.29. The van der Waals surface area contributed by atoms with Crippen molar-refractivity contribution in [1.82, 2.24) is 5.32 Å². The van der Waals surface area contributed by atoms with Crippen molar-refractivity contribution in [2.75, 3.05) is 12.4 Å². The molecule has 0 aliphatic heterocycles. The molecule has 0 bridgehead atoms. The summed E-state index contributed by atoms with van der Waals surface area (Å²) in [5, 5.41) is 16.5. The molecule has 0 unspecified atom stereocenters. The van der Waals surface area contributed by atoms with Gasteiger partial charge in [0.1, 0.15) is 11.3 Å². The van der Waals surface area contributed by atoms with Gasteiger partial charge in [-0.1, -0.05) is 6.07 Å². The molecule has 1 fully saturated rings. The van der Waals surface area contributed by atoms with E-state index in [0.717, 1.165) is 12.8 Å². The molecular formula is C11H13N3O3. The molecule has 6 nitrogen and oxygen atoms in total. The maximum Gasteiger partial charge on any atom is 0.305 e. The van der Waals surface area contributed by atoms with Crippen molar-refractivity contribution in [1.29, 1.82) is 0 Å². The van der Waals surface area contributed by atoms with Crippen LogP contribution in [0.1, 0.15) is 23.2 Å². The Labute approximate surface area is 98.2 Å². The lowest BCUT2D eigenvalue weighted by atomic mass is 10.1. The fourth-order valence-corrected chi connectivity index (χ4v) is 1.62.